The maximum atomic E-state index is 13.2. The number of carbonyl (C=O) groups excluding carboxylic acids is 3. The van der Waals surface area contributed by atoms with E-state index >= 15 is 0 Å². The second-order valence-corrected chi connectivity index (χ2v) is 12.0. The fourth-order valence-corrected chi connectivity index (χ4v) is 7.57. The van der Waals surface area contributed by atoms with E-state index in [0.29, 0.717) is 31.0 Å². The highest BCUT2D eigenvalue weighted by atomic mass is 32.2. The molecular formula is C23H29N11O5S. The molecule has 0 aliphatic carbocycles. The molecule has 2 aromatic heterocycles. The third-order valence-corrected chi connectivity index (χ3v) is 9.64. The van der Waals surface area contributed by atoms with Gasteiger partial charge < -0.3 is 30.1 Å². The molecule has 3 fully saturated rings. The Morgan fingerprint density at radius 1 is 1.20 bits per heavy atom. The number of aromatic nitrogens is 7. The molecule has 6 atom stereocenters. The monoisotopic (exact) mass is 571 g/mol. The number of carboxylic acid groups (broad SMARTS) is 1. The van der Waals surface area contributed by atoms with Gasteiger partial charge in [0.25, 0.3) is 0 Å². The highest BCUT2D eigenvalue weighted by Crippen LogP contribution is 2.51. The van der Waals surface area contributed by atoms with Crippen LogP contribution in [0.5, 0.6) is 0 Å². The van der Waals surface area contributed by atoms with E-state index in [-0.39, 0.29) is 59.3 Å². The van der Waals surface area contributed by atoms with Gasteiger partial charge in [-0.25, -0.2) is 9.48 Å². The van der Waals surface area contributed by atoms with Crippen molar-refractivity contribution in [3.8, 4) is 0 Å². The lowest BCUT2D eigenvalue weighted by molar-refractivity contribution is -0.158. The van der Waals surface area contributed by atoms with E-state index < -0.39 is 17.9 Å². The molecule has 3 N–H and O–H groups in total. The SMILES string of the molecule is CC(NC(=O)Cn1cnnn1)[C@H]1C(=O)N2C(C(=O)O)=C(SC3CNC(C(=O)N4CC(n5cnnc5)C4)C3)[C@H](C)[C@H]12. The summed E-state index contributed by atoms with van der Waals surface area (Å²) in [4.78, 5) is 54.7. The molecule has 6 heterocycles. The Kier molecular flexibility index (Phi) is 6.77. The summed E-state index contributed by atoms with van der Waals surface area (Å²) < 4.78 is 3.17. The number of tetrazole rings is 1. The van der Waals surface area contributed by atoms with Crippen LogP contribution in [0.15, 0.2) is 29.6 Å². The number of aliphatic carboxylic acids is 1. The lowest BCUT2D eigenvalue weighted by Crippen LogP contribution is -2.66. The summed E-state index contributed by atoms with van der Waals surface area (Å²) in [7, 11) is 0. The number of thioether (sulfide) groups is 1. The van der Waals surface area contributed by atoms with Gasteiger partial charge in [-0.15, -0.1) is 27.1 Å². The first-order chi connectivity index (χ1) is 19.2. The van der Waals surface area contributed by atoms with Gasteiger partial charge in [-0.05, 0) is 23.8 Å². The zero-order chi connectivity index (χ0) is 28.1. The number of amides is 3. The predicted molar refractivity (Wildman–Crippen MR) is 137 cm³/mol. The summed E-state index contributed by atoms with van der Waals surface area (Å²) >= 11 is 1.43. The molecule has 4 aliphatic rings. The van der Waals surface area contributed by atoms with Crippen LogP contribution in [0, 0.1) is 11.8 Å². The van der Waals surface area contributed by atoms with Crippen molar-refractivity contribution in [2.75, 3.05) is 19.6 Å². The highest BCUT2D eigenvalue weighted by Gasteiger charge is 2.60. The van der Waals surface area contributed by atoms with Crippen LogP contribution >= 0.6 is 11.8 Å². The predicted octanol–water partition coefficient (Wildman–Crippen LogP) is -1.91. The molecule has 0 bridgehead atoms. The van der Waals surface area contributed by atoms with Crippen LogP contribution in [0.2, 0.25) is 0 Å². The van der Waals surface area contributed by atoms with Gasteiger partial charge >= 0.3 is 5.97 Å². The minimum atomic E-state index is -1.15. The largest absolute Gasteiger partial charge is 0.477 e. The van der Waals surface area contributed by atoms with E-state index in [0.717, 1.165) is 0 Å². The van der Waals surface area contributed by atoms with E-state index in [1.165, 1.54) is 27.7 Å². The number of hydrogen-bond acceptors (Lipinski definition) is 11. The van der Waals surface area contributed by atoms with E-state index in [9.17, 15) is 24.3 Å². The van der Waals surface area contributed by atoms with Gasteiger partial charge in [0, 0.05) is 41.7 Å². The third-order valence-electron chi connectivity index (χ3n) is 8.13. The summed E-state index contributed by atoms with van der Waals surface area (Å²) in [5.41, 5.74) is 0.00488. The van der Waals surface area contributed by atoms with Gasteiger partial charge in [0.05, 0.1) is 24.0 Å². The van der Waals surface area contributed by atoms with Gasteiger partial charge in [0.15, 0.2) is 0 Å². The molecule has 4 aliphatic heterocycles. The number of fused-ring (bicyclic) bond motifs is 1. The van der Waals surface area contributed by atoms with Crippen molar-refractivity contribution < 1.29 is 24.3 Å². The maximum Gasteiger partial charge on any atom is 0.353 e. The van der Waals surface area contributed by atoms with Gasteiger partial charge in [0.2, 0.25) is 17.7 Å². The molecule has 0 aromatic carbocycles. The number of likely N-dealkylation sites (tertiary alicyclic amines) is 1. The number of hydrogen-bond donors (Lipinski definition) is 3. The number of carbonyl (C=O) groups is 4. The Balaban J connectivity index is 1.07. The number of β-lactam (4-membered cyclic amide) rings is 1. The second kappa shape index (κ2) is 10.3. The number of nitrogens with zero attached hydrogens (tertiary/aromatic N) is 9. The molecule has 17 heteroatoms. The van der Waals surface area contributed by atoms with E-state index in [1.54, 1.807) is 24.5 Å². The quantitative estimate of drug-likeness (QED) is 0.283. The number of carboxylic acids is 1. The van der Waals surface area contributed by atoms with Crippen molar-refractivity contribution >= 4 is 35.5 Å². The molecule has 6 rings (SSSR count). The van der Waals surface area contributed by atoms with E-state index in [1.807, 2.05) is 11.5 Å². The highest BCUT2D eigenvalue weighted by molar-refractivity contribution is 8.03. The van der Waals surface area contributed by atoms with Gasteiger partial charge in [-0.1, -0.05) is 6.92 Å². The first-order valence-corrected chi connectivity index (χ1v) is 13.9. The van der Waals surface area contributed by atoms with Crippen molar-refractivity contribution in [2.24, 2.45) is 11.8 Å². The summed E-state index contributed by atoms with van der Waals surface area (Å²) in [6.45, 7) is 5.33. The molecule has 3 amide bonds. The van der Waals surface area contributed by atoms with Crippen LogP contribution < -0.4 is 10.6 Å². The second-order valence-electron chi connectivity index (χ2n) is 10.6. The Labute approximate surface area is 232 Å². The normalized spacial score (nSPS) is 28.8. The minimum absolute atomic E-state index is 0.00488. The minimum Gasteiger partial charge on any atom is -0.477 e. The zero-order valence-electron chi connectivity index (χ0n) is 21.8. The van der Waals surface area contributed by atoms with Gasteiger partial charge in [-0.3, -0.25) is 14.4 Å². The van der Waals surface area contributed by atoms with Crippen molar-refractivity contribution in [1.29, 1.82) is 0 Å². The average Bonchev–Trinajstić information content (AvgIpc) is 3.67. The first kappa shape index (κ1) is 26.4. The summed E-state index contributed by atoms with van der Waals surface area (Å²) in [6, 6.07) is -1.04. The molecule has 40 heavy (non-hydrogen) atoms. The smallest absolute Gasteiger partial charge is 0.353 e. The fourth-order valence-electron chi connectivity index (χ4n) is 6.09. The van der Waals surface area contributed by atoms with Gasteiger partial charge in [-0.2, -0.15) is 0 Å². The van der Waals surface area contributed by atoms with Crippen LogP contribution in [0.4, 0.5) is 0 Å². The molecule has 3 unspecified atom stereocenters. The summed E-state index contributed by atoms with van der Waals surface area (Å²) in [5, 5.41) is 34.4. The molecule has 16 nitrogen and oxygen atoms in total. The first-order valence-electron chi connectivity index (χ1n) is 13.1. The van der Waals surface area contributed by atoms with Crippen molar-refractivity contribution in [3.63, 3.8) is 0 Å². The van der Waals surface area contributed by atoms with Crippen LogP contribution in [0.1, 0.15) is 26.3 Å². The summed E-state index contributed by atoms with van der Waals surface area (Å²) in [6.07, 6.45) is 5.17. The van der Waals surface area contributed by atoms with Gasteiger partial charge in [0.1, 0.15) is 31.2 Å². The van der Waals surface area contributed by atoms with Crippen LogP contribution in [0.3, 0.4) is 0 Å². The molecule has 212 valence electrons. The van der Waals surface area contributed by atoms with Crippen LogP contribution in [-0.2, 0) is 25.7 Å². The topological polar surface area (TPSA) is 193 Å². The fraction of sp³-hybridized carbons (Fsp3) is 0.609. The molecule has 3 saturated heterocycles. The van der Waals surface area contributed by atoms with E-state index in [4.69, 9.17) is 0 Å². The standard InChI is InChI=1S/C23H29N11O5S/c1-11-18-17(12(2)28-16(35)7-33-10-27-29-30-33)22(37)34(18)19(23(38)39)20(11)40-14-3-15(24-4-14)21(36)31-5-13(6-31)32-8-25-26-9-32/h8-15,17-18,24H,3-7H2,1-2H3,(H,28,35)(H,38,39)/t11-,12?,14?,15?,17-,18-/m1/s1. The Morgan fingerprint density at radius 3 is 2.62 bits per heavy atom. The van der Waals surface area contributed by atoms with Crippen molar-refractivity contribution in [3.05, 3.63) is 29.6 Å². The Morgan fingerprint density at radius 2 is 1.95 bits per heavy atom. The van der Waals surface area contributed by atoms with Crippen molar-refractivity contribution in [2.45, 2.75) is 56.2 Å². The van der Waals surface area contributed by atoms with Crippen LogP contribution in [-0.4, -0.2) is 117 Å². The average molecular weight is 572 g/mol. The Bertz CT molecular complexity index is 1340. The zero-order valence-corrected chi connectivity index (χ0v) is 22.6. The van der Waals surface area contributed by atoms with E-state index in [2.05, 4.69) is 36.4 Å². The number of nitrogens with one attached hydrogen (secondary N) is 2. The lowest BCUT2D eigenvalue weighted by atomic mass is 9.78. The molecule has 2 aromatic rings. The molecular weight excluding hydrogens is 542 g/mol. The van der Waals surface area contributed by atoms with Crippen LogP contribution in [0.25, 0.3) is 0 Å². The molecule has 0 radical (unpaired) electrons. The Hall–Kier alpha value is -3.86. The van der Waals surface area contributed by atoms with Crippen molar-refractivity contribution in [1.82, 2.24) is 55.4 Å². The molecule has 0 saturated carbocycles. The number of rotatable bonds is 9. The lowest BCUT2D eigenvalue weighted by Gasteiger charge is -2.47. The summed E-state index contributed by atoms with van der Waals surface area (Å²) in [5.74, 6) is -2.57. The third kappa shape index (κ3) is 4.51. The molecule has 0 spiro atoms. The maximum absolute atomic E-state index is 13.2.